The molecule has 0 radical (unpaired) electrons. The number of sulfone groups is 1. The van der Waals surface area contributed by atoms with Crippen LogP contribution in [0.1, 0.15) is 0 Å². The van der Waals surface area contributed by atoms with Gasteiger partial charge in [0.1, 0.15) is 0 Å². The molecule has 2 heterocycles. The summed E-state index contributed by atoms with van der Waals surface area (Å²) in [6, 6.07) is 17.2. The van der Waals surface area contributed by atoms with Crippen LogP contribution in [-0.2, 0) is 16.4 Å². The summed E-state index contributed by atoms with van der Waals surface area (Å²) in [5.74, 6) is 1.02. The quantitative estimate of drug-likeness (QED) is 0.718. The minimum atomic E-state index is -3.19. The lowest BCUT2D eigenvalue weighted by Crippen LogP contribution is -1.99. The summed E-state index contributed by atoms with van der Waals surface area (Å²) in [5.41, 5.74) is 4.07. The molecule has 6 heteroatoms. The van der Waals surface area contributed by atoms with Crippen molar-refractivity contribution >= 4 is 21.6 Å². The molecule has 2 aromatic carbocycles. The van der Waals surface area contributed by atoms with Crippen molar-refractivity contribution in [2.24, 2.45) is 0 Å². The average Bonchev–Trinajstić information content (AvgIpc) is 3.15. The van der Waals surface area contributed by atoms with Gasteiger partial charge in [0.25, 0.3) is 0 Å². The first-order valence-corrected chi connectivity index (χ1v) is 10.5. The minimum absolute atomic E-state index is 0.336. The topological polar surface area (TPSA) is 52.0 Å². The first kappa shape index (κ1) is 15.5. The number of hydrogen-bond acceptors (Lipinski definition) is 4. The van der Waals surface area contributed by atoms with E-state index >= 15 is 0 Å². The number of rotatable bonds is 3. The number of imidazole rings is 1. The van der Waals surface area contributed by atoms with Gasteiger partial charge in [-0.2, -0.15) is 0 Å². The average molecular weight is 356 g/mol. The summed E-state index contributed by atoms with van der Waals surface area (Å²) < 4.78 is 25.6. The number of fused-ring (bicyclic) bond motifs is 1. The van der Waals surface area contributed by atoms with Crippen molar-refractivity contribution in [1.82, 2.24) is 9.55 Å². The van der Waals surface area contributed by atoms with Gasteiger partial charge in [0, 0.05) is 29.7 Å². The molecule has 0 fully saturated rings. The van der Waals surface area contributed by atoms with E-state index in [2.05, 4.69) is 16.7 Å². The normalized spacial score (nSPS) is 13.9. The third-order valence-electron chi connectivity index (χ3n) is 4.08. The van der Waals surface area contributed by atoms with Crippen molar-refractivity contribution in [2.75, 3.05) is 12.0 Å². The van der Waals surface area contributed by atoms with E-state index in [4.69, 9.17) is 4.98 Å². The van der Waals surface area contributed by atoms with Crippen LogP contribution in [0, 0.1) is 0 Å². The molecule has 1 aliphatic heterocycles. The Morgan fingerprint density at radius 1 is 1.00 bits per heavy atom. The third-order valence-corrected chi connectivity index (χ3v) is 6.17. The van der Waals surface area contributed by atoms with Crippen LogP contribution < -0.4 is 0 Å². The zero-order valence-electron chi connectivity index (χ0n) is 13.1. The molecule has 1 aliphatic rings. The van der Waals surface area contributed by atoms with Gasteiger partial charge in [-0.05, 0) is 12.1 Å². The summed E-state index contributed by atoms with van der Waals surface area (Å²) >= 11 is 1.76. The van der Waals surface area contributed by atoms with Gasteiger partial charge >= 0.3 is 0 Å². The maximum atomic E-state index is 11.7. The molecule has 0 unspecified atom stereocenters. The van der Waals surface area contributed by atoms with E-state index < -0.39 is 9.84 Å². The standard InChI is InChI=1S/C18H16N2O2S2/c1-24(21,22)15-9-7-14(8-10-15)17-16(13-5-3-2-4-6-13)19-18-20(17)11-12-23-18/h2-10H,11-12H2,1H3. The molecule has 0 bridgehead atoms. The Morgan fingerprint density at radius 3 is 2.38 bits per heavy atom. The molecule has 0 atom stereocenters. The van der Waals surface area contributed by atoms with Crippen molar-refractivity contribution in [3.05, 3.63) is 54.6 Å². The van der Waals surface area contributed by atoms with Gasteiger partial charge in [0.15, 0.2) is 15.0 Å². The number of hydrogen-bond donors (Lipinski definition) is 0. The Hall–Kier alpha value is -2.05. The van der Waals surface area contributed by atoms with E-state index in [-0.39, 0.29) is 0 Å². The summed E-state index contributed by atoms with van der Waals surface area (Å²) in [5, 5.41) is 1.02. The largest absolute Gasteiger partial charge is 0.318 e. The van der Waals surface area contributed by atoms with E-state index in [1.54, 1.807) is 23.9 Å². The van der Waals surface area contributed by atoms with Gasteiger partial charge in [-0.25, -0.2) is 13.4 Å². The Bertz CT molecular complexity index is 992. The molecular formula is C18H16N2O2S2. The Kier molecular flexibility index (Phi) is 3.73. The predicted molar refractivity (Wildman–Crippen MR) is 96.9 cm³/mol. The zero-order chi connectivity index (χ0) is 16.7. The van der Waals surface area contributed by atoms with Gasteiger partial charge in [-0.15, -0.1) is 0 Å². The van der Waals surface area contributed by atoms with Crippen LogP contribution in [0.15, 0.2) is 64.6 Å². The van der Waals surface area contributed by atoms with E-state index in [9.17, 15) is 8.42 Å². The summed E-state index contributed by atoms with van der Waals surface area (Å²) in [6.07, 6.45) is 1.23. The molecule has 1 aromatic heterocycles. The summed E-state index contributed by atoms with van der Waals surface area (Å²) in [7, 11) is -3.19. The van der Waals surface area contributed by atoms with Gasteiger partial charge in [0.05, 0.1) is 16.3 Å². The van der Waals surface area contributed by atoms with Crippen LogP contribution in [0.2, 0.25) is 0 Å². The highest BCUT2D eigenvalue weighted by Gasteiger charge is 2.23. The van der Waals surface area contributed by atoms with Crippen molar-refractivity contribution in [2.45, 2.75) is 16.6 Å². The van der Waals surface area contributed by atoms with Crippen LogP contribution in [0.4, 0.5) is 0 Å². The molecular weight excluding hydrogens is 340 g/mol. The minimum Gasteiger partial charge on any atom is -0.318 e. The van der Waals surface area contributed by atoms with Gasteiger partial charge in [-0.1, -0.05) is 54.2 Å². The lowest BCUT2D eigenvalue weighted by Gasteiger charge is -2.09. The van der Waals surface area contributed by atoms with Gasteiger partial charge in [-0.3, -0.25) is 0 Å². The monoisotopic (exact) mass is 356 g/mol. The fraction of sp³-hybridized carbons (Fsp3) is 0.167. The molecule has 3 aromatic rings. The molecule has 0 saturated heterocycles. The molecule has 0 aliphatic carbocycles. The Morgan fingerprint density at radius 2 is 1.71 bits per heavy atom. The molecule has 0 amide bonds. The predicted octanol–water partition coefficient (Wildman–Crippen LogP) is 3.73. The van der Waals surface area contributed by atoms with Gasteiger partial charge in [0.2, 0.25) is 0 Å². The van der Waals surface area contributed by atoms with Crippen LogP contribution in [0.3, 0.4) is 0 Å². The number of nitrogens with zero attached hydrogens (tertiary/aromatic N) is 2. The molecule has 0 N–H and O–H groups in total. The highest BCUT2D eigenvalue weighted by Crippen LogP contribution is 2.39. The number of aromatic nitrogens is 2. The number of thioether (sulfide) groups is 1. The van der Waals surface area contributed by atoms with E-state index in [1.165, 1.54) is 6.26 Å². The van der Waals surface area contributed by atoms with Gasteiger partial charge < -0.3 is 4.57 Å². The van der Waals surface area contributed by atoms with Crippen LogP contribution in [-0.4, -0.2) is 30.0 Å². The lowest BCUT2D eigenvalue weighted by molar-refractivity contribution is 0.602. The Labute approximate surface area is 145 Å². The Balaban J connectivity index is 1.89. The molecule has 4 nitrogen and oxygen atoms in total. The first-order valence-electron chi connectivity index (χ1n) is 7.63. The van der Waals surface area contributed by atoms with Crippen molar-refractivity contribution in [3.8, 4) is 22.5 Å². The van der Waals surface area contributed by atoms with Crippen LogP contribution in [0.25, 0.3) is 22.5 Å². The third kappa shape index (κ3) is 2.65. The highest BCUT2D eigenvalue weighted by atomic mass is 32.2. The molecule has 0 saturated carbocycles. The second-order valence-corrected chi connectivity index (χ2v) is 8.83. The fourth-order valence-electron chi connectivity index (χ4n) is 2.93. The maximum absolute atomic E-state index is 11.7. The SMILES string of the molecule is CS(=O)(=O)c1ccc(-c2c(-c3ccccc3)nc3n2CCS3)cc1. The molecule has 24 heavy (non-hydrogen) atoms. The van der Waals surface area contributed by atoms with Crippen molar-refractivity contribution in [3.63, 3.8) is 0 Å². The fourth-order valence-corrected chi connectivity index (χ4v) is 4.51. The molecule has 4 rings (SSSR count). The zero-order valence-corrected chi connectivity index (χ0v) is 14.8. The van der Waals surface area contributed by atoms with Crippen molar-refractivity contribution in [1.29, 1.82) is 0 Å². The second kappa shape index (κ2) is 5.79. The van der Waals surface area contributed by atoms with E-state index in [1.807, 2.05) is 30.3 Å². The van der Waals surface area contributed by atoms with Crippen molar-refractivity contribution < 1.29 is 8.42 Å². The number of benzene rings is 2. The molecule has 0 spiro atoms. The highest BCUT2D eigenvalue weighted by molar-refractivity contribution is 7.99. The smallest absolute Gasteiger partial charge is 0.175 e. The van der Waals surface area contributed by atoms with E-state index in [0.717, 1.165) is 40.0 Å². The van der Waals surface area contributed by atoms with E-state index in [0.29, 0.717) is 4.90 Å². The molecule has 122 valence electrons. The maximum Gasteiger partial charge on any atom is 0.175 e. The second-order valence-electron chi connectivity index (χ2n) is 5.75. The lowest BCUT2D eigenvalue weighted by atomic mass is 10.0. The van der Waals surface area contributed by atoms with Crippen LogP contribution >= 0.6 is 11.8 Å². The van der Waals surface area contributed by atoms with Crippen LogP contribution in [0.5, 0.6) is 0 Å². The summed E-state index contributed by atoms with van der Waals surface area (Å²) in [4.78, 5) is 5.15. The first-order chi connectivity index (χ1) is 11.5. The summed E-state index contributed by atoms with van der Waals surface area (Å²) in [6.45, 7) is 0.920.